The van der Waals surface area contributed by atoms with Crippen LogP contribution in [0.2, 0.25) is 5.02 Å². The fraction of sp³-hybridized carbons (Fsp3) is 0.480. The SMILES string of the molecule is Cc1ccc(Cl)cc1N1CCN([C@H](CC(C)C)c2nnnn2Cc2ccc3c(c2)OCO3)CC1. The molecule has 0 spiro atoms. The van der Waals surface area contributed by atoms with Crippen molar-refractivity contribution in [3.05, 3.63) is 58.4 Å². The number of aryl methyl sites for hydroxylation is 1. The summed E-state index contributed by atoms with van der Waals surface area (Å²) in [6, 6.07) is 12.3. The van der Waals surface area contributed by atoms with Gasteiger partial charge in [0.05, 0.1) is 12.6 Å². The van der Waals surface area contributed by atoms with E-state index in [2.05, 4.69) is 58.2 Å². The van der Waals surface area contributed by atoms with E-state index in [9.17, 15) is 0 Å². The maximum Gasteiger partial charge on any atom is 0.231 e. The molecule has 3 heterocycles. The molecule has 0 N–H and O–H groups in total. The number of benzene rings is 2. The zero-order valence-electron chi connectivity index (χ0n) is 19.9. The Balaban J connectivity index is 1.33. The Morgan fingerprint density at radius 2 is 1.79 bits per heavy atom. The van der Waals surface area contributed by atoms with Crippen LogP contribution in [0.25, 0.3) is 0 Å². The van der Waals surface area contributed by atoms with Crippen LogP contribution in [0.15, 0.2) is 36.4 Å². The highest BCUT2D eigenvalue weighted by Gasteiger charge is 2.30. The summed E-state index contributed by atoms with van der Waals surface area (Å²) in [4.78, 5) is 4.96. The van der Waals surface area contributed by atoms with Crippen molar-refractivity contribution in [1.82, 2.24) is 25.1 Å². The van der Waals surface area contributed by atoms with Gasteiger partial charge in [-0.2, -0.15) is 0 Å². The standard InChI is InChI=1S/C25H31ClN6O2/c1-17(2)12-22(31-10-8-30(9-11-31)21-14-20(26)6-4-18(21)3)25-27-28-29-32(25)15-19-5-7-23-24(13-19)34-16-33-23/h4-7,13-14,17,22H,8-12,15-16H2,1-3H3/t22-/m1/s1. The van der Waals surface area contributed by atoms with Gasteiger partial charge < -0.3 is 14.4 Å². The third kappa shape index (κ3) is 4.83. The van der Waals surface area contributed by atoms with Crippen LogP contribution in [0.1, 0.15) is 43.3 Å². The summed E-state index contributed by atoms with van der Waals surface area (Å²) in [6.45, 7) is 11.3. The zero-order chi connectivity index (χ0) is 23.7. The first kappa shape index (κ1) is 22.9. The lowest BCUT2D eigenvalue weighted by Crippen LogP contribution is -2.48. The van der Waals surface area contributed by atoms with Gasteiger partial charge in [-0.3, -0.25) is 4.90 Å². The molecule has 0 bridgehead atoms. The molecule has 8 nitrogen and oxygen atoms in total. The molecule has 34 heavy (non-hydrogen) atoms. The Kier molecular flexibility index (Phi) is 6.61. The number of nitrogens with zero attached hydrogens (tertiary/aromatic N) is 6. The van der Waals surface area contributed by atoms with Crippen LogP contribution in [-0.4, -0.2) is 58.1 Å². The Morgan fingerprint density at radius 3 is 2.59 bits per heavy atom. The molecule has 9 heteroatoms. The summed E-state index contributed by atoms with van der Waals surface area (Å²) in [5, 5.41) is 13.7. The summed E-state index contributed by atoms with van der Waals surface area (Å²) in [5.74, 6) is 3.00. The number of fused-ring (bicyclic) bond motifs is 1. The van der Waals surface area contributed by atoms with Crippen LogP contribution < -0.4 is 14.4 Å². The lowest BCUT2D eigenvalue weighted by atomic mass is 10.0. The predicted octanol–water partition coefficient (Wildman–Crippen LogP) is 4.32. The Hall–Kier alpha value is -2.84. The lowest BCUT2D eigenvalue weighted by molar-refractivity contribution is 0.153. The molecule has 2 aliphatic rings. The van der Waals surface area contributed by atoms with Gasteiger partial charge in [0, 0.05) is 36.9 Å². The molecule has 3 aromatic rings. The third-order valence-electron chi connectivity index (χ3n) is 6.59. The number of ether oxygens (including phenoxy) is 2. The molecule has 0 radical (unpaired) electrons. The third-order valence-corrected chi connectivity index (χ3v) is 6.82. The van der Waals surface area contributed by atoms with Crippen molar-refractivity contribution in [3.8, 4) is 11.5 Å². The molecule has 0 unspecified atom stereocenters. The first-order valence-electron chi connectivity index (χ1n) is 11.9. The van der Waals surface area contributed by atoms with Gasteiger partial charge >= 0.3 is 0 Å². The largest absolute Gasteiger partial charge is 0.454 e. The van der Waals surface area contributed by atoms with E-state index in [0.29, 0.717) is 12.5 Å². The van der Waals surface area contributed by atoms with E-state index in [4.69, 9.17) is 21.1 Å². The highest BCUT2D eigenvalue weighted by atomic mass is 35.5. The van der Waals surface area contributed by atoms with Gasteiger partial charge in [-0.05, 0) is 65.1 Å². The second-order valence-electron chi connectivity index (χ2n) is 9.48. The molecule has 2 aliphatic heterocycles. The van der Waals surface area contributed by atoms with E-state index < -0.39 is 0 Å². The molecule has 0 aliphatic carbocycles. The summed E-state index contributed by atoms with van der Waals surface area (Å²) >= 11 is 6.28. The molecule has 1 aromatic heterocycles. The number of aromatic nitrogens is 4. The predicted molar refractivity (Wildman–Crippen MR) is 132 cm³/mol. The van der Waals surface area contributed by atoms with Crippen LogP contribution >= 0.6 is 11.6 Å². The van der Waals surface area contributed by atoms with Crippen molar-refractivity contribution in [3.63, 3.8) is 0 Å². The summed E-state index contributed by atoms with van der Waals surface area (Å²) < 4.78 is 12.9. The summed E-state index contributed by atoms with van der Waals surface area (Å²) in [5.41, 5.74) is 3.56. The minimum Gasteiger partial charge on any atom is -0.454 e. The van der Waals surface area contributed by atoms with E-state index >= 15 is 0 Å². The lowest BCUT2D eigenvalue weighted by Gasteiger charge is -2.40. The highest BCUT2D eigenvalue weighted by molar-refractivity contribution is 6.30. The minimum absolute atomic E-state index is 0.159. The van der Waals surface area contributed by atoms with Crippen molar-refractivity contribution >= 4 is 17.3 Å². The van der Waals surface area contributed by atoms with Crippen molar-refractivity contribution in [1.29, 1.82) is 0 Å². The van der Waals surface area contributed by atoms with Gasteiger partial charge in [-0.25, -0.2) is 4.68 Å². The second kappa shape index (κ2) is 9.80. The molecule has 5 rings (SSSR count). The van der Waals surface area contributed by atoms with Gasteiger partial charge in [-0.1, -0.05) is 37.6 Å². The fourth-order valence-corrected chi connectivity index (χ4v) is 5.00. The second-order valence-corrected chi connectivity index (χ2v) is 9.92. The Labute approximate surface area is 205 Å². The monoisotopic (exact) mass is 482 g/mol. The number of rotatable bonds is 7. The molecule has 2 aromatic carbocycles. The average molecular weight is 483 g/mol. The Bertz CT molecular complexity index is 1140. The van der Waals surface area contributed by atoms with Crippen LogP contribution in [0.5, 0.6) is 11.5 Å². The quantitative estimate of drug-likeness (QED) is 0.496. The molecular weight excluding hydrogens is 452 g/mol. The first-order chi connectivity index (χ1) is 16.5. The number of anilines is 1. The van der Waals surface area contributed by atoms with E-state index in [1.54, 1.807) is 0 Å². The minimum atomic E-state index is 0.159. The van der Waals surface area contributed by atoms with Crippen molar-refractivity contribution in [2.75, 3.05) is 37.9 Å². The smallest absolute Gasteiger partial charge is 0.231 e. The topological polar surface area (TPSA) is 68.5 Å². The van der Waals surface area contributed by atoms with Gasteiger partial charge in [-0.15, -0.1) is 5.10 Å². The number of halogens is 1. The molecule has 0 saturated carbocycles. The fourth-order valence-electron chi connectivity index (χ4n) is 4.84. The van der Waals surface area contributed by atoms with Gasteiger partial charge in [0.1, 0.15) is 0 Å². The van der Waals surface area contributed by atoms with Crippen molar-refractivity contribution in [2.45, 2.75) is 39.8 Å². The molecule has 1 saturated heterocycles. The average Bonchev–Trinajstić information content (AvgIpc) is 3.48. The van der Waals surface area contributed by atoms with Crippen LogP contribution in [-0.2, 0) is 6.54 Å². The summed E-state index contributed by atoms with van der Waals surface area (Å²) in [6.07, 6.45) is 0.998. The van der Waals surface area contributed by atoms with Crippen molar-refractivity contribution in [2.24, 2.45) is 5.92 Å². The first-order valence-corrected chi connectivity index (χ1v) is 12.3. The molecule has 1 atom stereocenters. The van der Waals surface area contributed by atoms with Crippen molar-refractivity contribution < 1.29 is 9.47 Å². The van der Waals surface area contributed by atoms with E-state index in [-0.39, 0.29) is 12.8 Å². The Morgan fingerprint density at radius 1 is 1.00 bits per heavy atom. The van der Waals surface area contributed by atoms with E-state index in [1.807, 2.05) is 28.9 Å². The van der Waals surface area contributed by atoms with E-state index in [1.165, 1.54) is 11.3 Å². The maximum atomic E-state index is 6.28. The molecule has 180 valence electrons. The number of piperazine rings is 1. The molecule has 0 amide bonds. The highest BCUT2D eigenvalue weighted by Crippen LogP contribution is 2.34. The number of hydrogen-bond acceptors (Lipinski definition) is 7. The van der Waals surface area contributed by atoms with E-state index in [0.717, 1.165) is 60.5 Å². The number of tetrazole rings is 1. The maximum absolute atomic E-state index is 6.28. The van der Waals surface area contributed by atoms with Gasteiger partial charge in [0.25, 0.3) is 0 Å². The normalized spacial score (nSPS) is 16.9. The molecule has 1 fully saturated rings. The van der Waals surface area contributed by atoms with Gasteiger partial charge in [0.15, 0.2) is 17.3 Å². The van der Waals surface area contributed by atoms with Crippen LogP contribution in [0, 0.1) is 12.8 Å². The summed E-state index contributed by atoms with van der Waals surface area (Å²) in [7, 11) is 0. The zero-order valence-corrected chi connectivity index (χ0v) is 20.7. The van der Waals surface area contributed by atoms with Crippen LogP contribution in [0.3, 0.4) is 0 Å². The van der Waals surface area contributed by atoms with Gasteiger partial charge in [0.2, 0.25) is 6.79 Å². The van der Waals surface area contributed by atoms with Crippen LogP contribution in [0.4, 0.5) is 5.69 Å². The molecular formula is C25H31ClN6O2. The number of hydrogen-bond donors (Lipinski definition) is 0.